The first-order chi connectivity index (χ1) is 8.77. The summed E-state index contributed by atoms with van der Waals surface area (Å²) in [6.07, 6.45) is 3.22. The third-order valence-corrected chi connectivity index (χ3v) is 5.08. The van der Waals surface area contributed by atoms with Crippen molar-refractivity contribution in [3.63, 3.8) is 0 Å². The fourth-order valence-electron chi connectivity index (χ4n) is 2.35. The molecule has 0 heterocycles. The van der Waals surface area contributed by atoms with Crippen LogP contribution in [0.15, 0.2) is 24.3 Å². The molecule has 1 fully saturated rings. The van der Waals surface area contributed by atoms with Gasteiger partial charge in [-0.3, -0.25) is 9.10 Å². The van der Waals surface area contributed by atoms with Crippen LogP contribution in [-0.2, 0) is 20.2 Å². The molecule has 1 saturated carbocycles. The average Bonchev–Trinajstić information content (AvgIpc) is 2.25. The Balaban J connectivity index is 2.43. The zero-order chi connectivity index (χ0) is 14.3. The Hall–Kier alpha value is -1.56. The van der Waals surface area contributed by atoms with Gasteiger partial charge in [0.25, 0.3) is 0 Å². The van der Waals surface area contributed by atoms with Gasteiger partial charge in [-0.2, -0.15) is 0 Å². The molecule has 0 saturated heterocycles. The fourth-order valence-corrected chi connectivity index (χ4v) is 2.84. The molecule has 1 aliphatic rings. The van der Waals surface area contributed by atoms with Crippen LogP contribution in [0.1, 0.15) is 24.8 Å². The highest BCUT2D eigenvalue weighted by Crippen LogP contribution is 2.44. The van der Waals surface area contributed by atoms with Crippen LogP contribution in [0.25, 0.3) is 0 Å². The van der Waals surface area contributed by atoms with Gasteiger partial charge in [-0.25, -0.2) is 8.42 Å². The van der Waals surface area contributed by atoms with Crippen molar-refractivity contribution in [1.29, 1.82) is 0 Å². The van der Waals surface area contributed by atoms with Gasteiger partial charge in [0, 0.05) is 7.05 Å². The Kier molecular flexibility index (Phi) is 3.30. The molecule has 0 atom stereocenters. The van der Waals surface area contributed by atoms with Gasteiger partial charge >= 0.3 is 5.97 Å². The first kappa shape index (κ1) is 13.9. The van der Waals surface area contributed by atoms with E-state index in [0.29, 0.717) is 24.1 Å². The molecule has 1 N–H and O–H groups in total. The van der Waals surface area contributed by atoms with Crippen LogP contribution >= 0.6 is 0 Å². The van der Waals surface area contributed by atoms with Crippen LogP contribution in [0.2, 0.25) is 0 Å². The van der Waals surface area contributed by atoms with Crippen molar-refractivity contribution in [2.75, 3.05) is 17.6 Å². The van der Waals surface area contributed by atoms with Crippen LogP contribution < -0.4 is 4.31 Å². The first-order valence-corrected chi connectivity index (χ1v) is 7.90. The lowest BCUT2D eigenvalue weighted by Crippen LogP contribution is -2.42. The van der Waals surface area contributed by atoms with Gasteiger partial charge in [0.2, 0.25) is 10.0 Å². The highest BCUT2D eigenvalue weighted by atomic mass is 32.2. The maximum absolute atomic E-state index is 11.5. The minimum absolute atomic E-state index is 0.493. The Labute approximate surface area is 112 Å². The monoisotopic (exact) mass is 283 g/mol. The Morgan fingerprint density at radius 3 is 2.42 bits per heavy atom. The van der Waals surface area contributed by atoms with E-state index in [9.17, 15) is 18.3 Å². The van der Waals surface area contributed by atoms with E-state index in [-0.39, 0.29) is 0 Å². The van der Waals surface area contributed by atoms with E-state index < -0.39 is 21.4 Å². The summed E-state index contributed by atoms with van der Waals surface area (Å²) < 4.78 is 24.2. The molecule has 1 aromatic rings. The van der Waals surface area contributed by atoms with Crippen LogP contribution in [0, 0.1) is 0 Å². The molecule has 0 radical (unpaired) electrons. The lowest BCUT2D eigenvalue weighted by molar-refractivity contribution is -0.147. The molecular formula is C13H17NO4S. The normalized spacial score (nSPS) is 17.6. The Morgan fingerprint density at radius 2 is 2.00 bits per heavy atom. The highest BCUT2D eigenvalue weighted by Gasteiger charge is 2.46. The van der Waals surface area contributed by atoms with Gasteiger partial charge < -0.3 is 5.11 Å². The number of aliphatic carboxylic acids is 1. The molecule has 0 spiro atoms. The van der Waals surface area contributed by atoms with Crippen molar-refractivity contribution in [2.24, 2.45) is 0 Å². The maximum Gasteiger partial charge on any atom is 0.314 e. The lowest BCUT2D eigenvalue weighted by Gasteiger charge is -2.38. The molecule has 1 aromatic carbocycles. The van der Waals surface area contributed by atoms with E-state index in [4.69, 9.17) is 0 Å². The van der Waals surface area contributed by atoms with E-state index in [1.807, 2.05) is 0 Å². The van der Waals surface area contributed by atoms with Crippen molar-refractivity contribution in [3.8, 4) is 0 Å². The molecule has 0 amide bonds. The summed E-state index contributed by atoms with van der Waals surface area (Å²) in [5.41, 5.74) is 0.334. The zero-order valence-electron chi connectivity index (χ0n) is 11.0. The minimum Gasteiger partial charge on any atom is -0.481 e. The molecule has 0 aliphatic heterocycles. The van der Waals surface area contributed by atoms with Gasteiger partial charge in [-0.15, -0.1) is 0 Å². The third-order valence-electron chi connectivity index (χ3n) is 3.88. The molecule has 2 rings (SSSR count). The predicted molar refractivity (Wildman–Crippen MR) is 72.9 cm³/mol. The summed E-state index contributed by atoms with van der Waals surface area (Å²) in [6, 6.07) is 6.79. The third kappa shape index (κ3) is 2.32. The molecule has 6 heteroatoms. The molecule has 5 nitrogen and oxygen atoms in total. The Bertz CT molecular complexity index is 605. The SMILES string of the molecule is CN(c1cccc(C2(C(=O)O)CCC2)c1)S(C)(=O)=O. The maximum atomic E-state index is 11.5. The van der Waals surface area contributed by atoms with Crippen LogP contribution in [0.3, 0.4) is 0 Å². The summed E-state index contributed by atoms with van der Waals surface area (Å²) in [7, 11) is -1.88. The lowest BCUT2D eigenvalue weighted by atomic mass is 9.64. The first-order valence-electron chi connectivity index (χ1n) is 6.05. The summed E-state index contributed by atoms with van der Waals surface area (Å²) in [5.74, 6) is -0.835. The van der Waals surface area contributed by atoms with E-state index in [1.54, 1.807) is 24.3 Å². The number of nitrogens with zero attached hydrogens (tertiary/aromatic N) is 1. The number of carbonyl (C=O) groups is 1. The fraction of sp³-hybridized carbons (Fsp3) is 0.462. The molecule has 104 valence electrons. The molecular weight excluding hydrogens is 266 g/mol. The van der Waals surface area contributed by atoms with Crippen molar-refractivity contribution < 1.29 is 18.3 Å². The van der Waals surface area contributed by atoms with Gasteiger partial charge in [0.15, 0.2) is 0 Å². The largest absolute Gasteiger partial charge is 0.481 e. The van der Waals surface area contributed by atoms with Gasteiger partial charge in [0.05, 0.1) is 17.4 Å². The number of hydrogen-bond acceptors (Lipinski definition) is 3. The summed E-state index contributed by atoms with van der Waals surface area (Å²) in [4.78, 5) is 11.5. The minimum atomic E-state index is -3.34. The number of hydrogen-bond donors (Lipinski definition) is 1. The molecule has 19 heavy (non-hydrogen) atoms. The summed E-state index contributed by atoms with van der Waals surface area (Å²) in [5, 5.41) is 9.39. The van der Waals surface area contributed by atoms with Gasteiger partial charge in [-0.05, 0) is 30.5 Å². The van der Waals surface area contributed by atoms with Crippen molar-refractivity contribution in [2.45, 2.75) is 24.7 Å². The number of carboxylic acids is 1. The zero-order valence-corrected chi connectivity index (χ0v) is 11.8. The Morgan fingerprint density at radius 1 is 1.37 bits per heavy atom. The van der Waals surface area contributed by atoms with Gasteiger partial charge in [0.1, 0.15) is 0 Å². The van der Waals surface area contributed by atoms with Crippen molar-refractivity contribution in [3.05, 3.63) is 29.8 Å². The van der Waals surface area contributed by atoms with E-state index in [0.717, 1.165) is 17.0 Å². The van der Waals surface area contributed by atoms with E-state index in [1.165, 1.54) is 7.05 Å². The van der Waals surface area contributed by atoms with Crippen LogP contribution in [-0.4, -0.2) is 32.8 Å². The molecule has 0 aromatic heterocycles. The molecule has 1 aliphatic carbocycles. The molecule has 0 unspecified atom stereocenters. The quantitative estimate of drug-likeness (QED) is 0.910. The predicted octanol–water partition coefficient (Wildman–Crippen LogP) is 1.59. The second kappa shape index (κ2) is 4.52. The second-order valence-electron chi connectivity index (χ2n) is 5.02. The molecule has 0 bridgehead atoms. The van der Waals surface area contributed by atoms with Crippen molar-refractivity contribution >= 4 is 21.7 Å². The highest BCUT2D eigenvalue weighted by molar-refractivity contribution is 7.92. The second-order valence-corrected chi connectivity index (χ2v) is 7.04. The van der Waals surface area contributed by atoms with Gasteiger partial charge in [-0.1, -0.05) is 18.6 Å². The topological polar surface area (TPSA) is 74.7 Å². The number of sulfonamides is 1. The number of anilines is 1. The van der Waals surface area contributed by atoms with Crippen LogP contribution in [0.5, 0.6) is 0 Å². The van der Waals surface area contributed by atoms with E-state index in [2.05, 4.69) is 0 Å². The summed E-state index contributed by atoms with van der Waals surface area (Å²) in [6.45, 7) is 0. The summed E-state index contributed by atoms with van der Waals surface area (Å²) >= 11 is 0. The number of rotatable bonds is 4. The number of benzene rings is 1. The van der Waals surface area contributed by atoms with E-state index >= 15 is 0 Å². The van der Waals surface area contributed by atoms with Crippen molar-refractivity contribution in [1.82, 2.24) is 0 Å². The smallest absolute Gasteiger partial charge is 0.314 e. The average molecular weight is 283 g/mol. The number of carboxylic acid groups (broad SMARTS) is 1. The standard InChI is InChI=1S/C13H17NO4S/c1-14(19(2,17)18)11-6-3-5-10(9-11)13(12(15)16)7-4-8-13/h3,5-6,9H,4,7-8H2,1-2H3,(H,15,16). The van der Waals surface area contributed by atoms with Crippen LogP contribution in [0.4, 0.5) is 5.69 Å².